The van der Waals surface area contributed by atoms with Crippen molar-refractivity contribution in [2.75, 3.05) is 13.6 Å². The summed E-state index contributed by atoms with van der Waals surface area (Å²) in [5.41, 5.74) is 0. The number of nitrogens with zero attached hydrogens (tertiary/aromatic N) is 2. The van der Waals surface area contributed by atoms with Crippen molar-refractivity contribution in [1.29, 1.82) is 0 Å². The molecule has 3 saturated carbocycles. The van der Waals surface area contributed by atoms with E-state index in [0.29, 0.717) is 31.0 Å². The molecule has 1 heterocycles. The van der Waals surface area contributed by atoms with Gasteiger partial charge < -0.3 is 9.80 Å². The Hall–Kier alpha value is -1.06. The van der Waals surface area contributed by atoms with Gasteiger partial charge in [0.2, 0.25) is 11.8 Å². The van der Waals surface area contributed by atoms with Crippen LogP contribution in [0.3, 0.4) is 0 Å². The number of likely N-dealkylation sites (tertiary alicyclic amines) is 1. The van der Waals surface area contributed by atoms with Crippen molar-refractivity contribution >= 4 is 11.8 Å². The highest BCUT2D eigenvalue weighted by atomic mass is 16.2. The number of carbonyl (C=O) groups is 2. The third-order valence-electron chi connectivity index (χ3n) is 6.56. The molecule has 3 aliphatic carbocycles. The second-order valence-electron chi connectivity index (χ2n) is 8.33. The van der Waals surface area contributed by atoms with Crippen LogP contribution >= 0.6 is 0 Å². The molecule has 128 valence electrons. The molecule has 1 saturated heterocycles. The Balaban J connectivity index is 1.41. The first-order chi connectivity index (χ1) is 11.1. The molecule has 2 amide bonds. The SMILES string of the molecule is CN(C(=O)[C@@H]1CCC(=O)N(C2CCCC2)C1)C(C1CC1)C1CC1. The molecule has 0 N–H and O–H groups in total. The zero-order chi connectivity index (χ0) is 16.0. The number of rotatable bonds is 5. The van der Waals surface area contributed by atoms with Gasteiger partial charge in [0.1, 0.15) is 0 Å². The van der Waals surface area contributed by atoms with E-state index in [1.807, 2.05) is 7.05 Å². The van der Waals surface area contributed by atoms with Crippen molar-refractivity contribution < 1.29 is 9.59 Å². The lowest BCUT2D eigenvalue weighted by atomic mass is 9.93. The highest BCUT2D eigenvalue weighted by Crippen LogP contribution is 2.47. The number of amides is 2. The fraction of sp³-hybridized carbons (Fsp3) is 0.895. The first-order valence-electron chi connectivity index (χ1n) is 9.71. The first kappa shape index (κ1) is 15.5. The highest BCUT2D eigenvalue weighted by molar-refractivity contribution is 5.84. The molecule has 4 fully saturated rings. The van der Waals surface area contributed by atoms with Crippen LogP contribution in [0.5, 0.6) is 0 Å². The molecule has 4 rings (SSSR count). The number of piperidine rings is 1. The van der Waals surface area contributed by atoms with Gasteiger partial charge in [-0.25, -0.2) is 0 Å². The minimum Gasteiger partial charge on any atom is -0.342 e. The number of hydrogen-bond donors (Lipinski definition) is 0. The van der Waals surface area contributed by atoms with Gasteiger partial charge in [-0.1, -0.05) is 12.8 Å². The van der Waals surface area contributed by atoms with Gasteiger partial charge in [0, 0.05) is 32.1 Å². The van der Waals surface area contributed by atoms with Crippen molar-refractivity contribution in [3.63, 3.8) is 0 Å². The number of carbonyl (C=O) groups excluding carboxylic acids is 2. The lowest BCUT2D eigenvalue weighted by Gasteiger charge is -2.39. The molecule has 0 unspecified atom stereocenters. The van der Waals surface area contributed by atoms with E-state index >= 15 is 0 Å². The normalized spacial score (nSPS) is 29.4. The molecule has 0 bridgehead atoms. The van der Waals surface area contributed by atoms with Crippen LogP contribution in [0, 0.1) is 17.8 Å². The molecule has 0 aromatic heterocycles. The van der Waals surface area contributed by atoms with E-state index in [2.05, 4.69) is 9.80 Å². The summed E-state index contributed by atoms with van der Waals surface area (Å²) in [5, 5.41) is 0. The summed E-state index contributed by atoms with van der Waals surface area (Å²) in [7, 11) is 2.03. The highest BCUT2D eigenvalue weighted by Gasteiger charge is 2.46. The largest absolute Gasteiger partial charge is 0.342 e. The van der Waals surface area contributed by atoms with Gasteiger partial charge in [0.15, 0.2) is 0 Å². The molecule has 0 aromatic carbocycles. The topological polar surface area (TPSA) is 40.6 Å². The molecular formula is C19H30N2O2. The van der Waals surface area contributed by atoms with Crippen molar-refractivity contribution in [3.8, 4) is 0 Å². The summed E-state index contributed by atoms with van der Waals surface area (Å²) in [5.74, 6) is 2.15. The fourth-order valence-electron chi connectivity index (χ4n) is 4.97. The zero-order valence-electron chi connectivity index (χ0n) is 14.4. The maximum Gasteiger partial charge on any atom is 0.227 e. The zero-order valence-corrected chi connectivity index (χ0v) is 14.4. The van der Waals surface area contributed by atoms with E-state index in [1.54, 1.807) is 0 Å². The Bertz CT molecular complexity index is 466. The van der Waals surface area contributed by atoms with Crippen LogP contribution in [-0.2, 0) is 9.59 Å². The quantitative estimate of drug-likeness (QED) is 0.782. The predicted molar refractivity (Wildman–Crippen MR) is 88.7 cm³/mol. The molecular weight excluding hydrogens is 288 g/mol. The summed E-state index contributed by atoms with van der Waals surface area (Å²) in [4.78, 5) is 29.5. The van der Waals surface area contributed by atoms with Crippen molar-refractivity contribution in [2.45, 2.75) is 76.3 Å². The monoisotopic (exact) mass is 318 g/mol. The van der Waals surface area contributed by atoms with E-state index < -0.39 is 0 Å². The Kier molecular flexibility index (Phi) is 4.10. The molecule has 1 aliphatic heterocycles. The Morgan fingerprint density at radius 3 is 2.22 bits per heavy atom. The Morgan fingerprint density at radius 1 is 1.04 bits per heavy atom. The van der Waals surface area contributed by atoms with Gasteiger partial charge >= 0.3 is 0 Å². The third kappa shape index (κ3) is 3.14. The molecule has 23 heavy (non-hydrogen) atoms. The molecule has 4 aliphatic rings. The maximum absolute atomic E-state index is 13.1. The molecule has 4 nitrogen and oxygen atoms in total. The second-order valence-corrected chi connectivity index (χ2v) is 8.33. The minimum absolute atomic E-state index is 0.0401. The lowest BCUT2D eigenvalue weighted by molar-refractivity contribution is -0.145. The maximum atomic E-state index is 13.1. The summed E-state index contributed by atoms with van der Waals surface area (Å²) in [6, 6.07) is 0.895. The van der Waals surface area contributed by atoms with Gasteiger partial charge in [-0.3, -0.25) is 9.59 Å². The van der Waals surface area contributed by atoms with Crippen LogP contribution in [0.4, 0.5) is 0 Å². The molecule has 4 heteroatoms. The van der Waals surface area contributed by atoms with Gasteiger partial charge in [0.25, 0.3) is 0 Å². The van der Waals surface area contributed by atoms with Gasteiger partial charge in [-0.15, -0.1) is 0 Å². The van der Waals surface area contributed by atoms with E-state index in [-0.39, 0.29) is 11.8 Å². The van der Waals surface area contributed by atoms with Crippen LogP contribution in [0.1, 0.15) is 64.2 Å². The van der Waals surface area contributed by atoms with Crippen molar-refractivity contribution in [3.05, 3.63) is 0 Å². The van der Waals surface area contributed by atoms with Crippen LogP contribution in [-0.4, -0.2) is 47.3 Å². The van der Waals surface area contributed by atoms with Gasteiger partial charge in [-0.2, -0.15) is 0 Å². The van der Waals surface area contributed by atoms with Crippen molar-refractivity contribution in [1.82, 2.24) is 9.80 Å². The summed E-state index contributed by atoms with van der Waals surface area (Å²) < 4.78 is 0. The standard InChI is InChI=1S/C19H30N2O2/c1-20(18(13-6-7-13)14-8-9-14)19(23)15-10-11-17(22)21(12-15)16-4-2-3-5-16/h13-16,18H,2-12H2,1H3/t15-/m1/s1. The minimum atomic E-state index is 0.0401. The average Bonchev–Trinajstić information content (AvgIpc) is 3.49. The van der Waals surface area contributed by atoms with Crippen molar-refractivity contribution in [2.24, 2.45) is 17.8 Å². The molecule has 1 atom stereocenters. The number of hydrogen-bond acceptors (Lipinski definition) is 2. The van der Waals surface area contributed by atoms with E-state index in [1.165, 1.54) is 38.5 Å². The van der Waals surface area contributed by atoms with Crippen LogP contribution in [0.2, 0.25) is 0 Å². The van der Waals surface area contributed by atoms with Crippen LogP contribution < -0.4 is 0 Å². The fourth-order valence-corrected chi connectivity index (χ4v) is 4.97. The molecule has 0 aromatic rings. The van der Waals surface area contributed by atoms with Crippen LogP contribution in [0.25, 0.3) is 0 Å². The summed E-state index contributed by atoms with van der Waals surface area (Å²) >= 11 is 0. The first-order valence-corrected chi connectivity index (χ1v) is 9.71. The predicted octanol–water partition coefficient (Wildman–Crippen LogP) is 2.81. The Morgan fingerprint density at radius 2 is 1.65 bits per heavy atom. The Labute approximate surface area is 139 Å². The second kappa shape index (κ2) is 6.10. The smallest absolute Gasteiger partial charge is 0.227 e. The summed E-state index contributed by atoms with van der Waals surface area (Å²) in [6.45, 7) is 0.675. The van der Waals surface area contributed by atoms with Gasteiger partial charge in [0.05, 0.1) is 5.92 Å². The van der Waals surface area contributed by atoms with E-state index in [4.69, 9.17) is 0 Å². The van der Waals surface area contributed by atoms with Gasteiger partial charge in [-0.05, 0) is 56.8 Å². The molecule has 0 spiro atoms. The summed E-state index contributed by atoms with van der Waals surface area (Å²) in [6.07, 6.45) is 11.3. The average molecular weight is 318 g/mol. The lowest BCUT2D eigenvalue weighted by Crippen LogP contribution is -2.51. The van der Waals surface area contributed by atoms with E-state index in [9.17, 15) is 9.59 Å². The van der Waals surface area contributed by atoms with E-state index in [0.717, 1.165) is 31.1 Å². The van der Waals surface area contributed by atoms with Crippen LogP contribution in [0.15, 0.2) is 0 Å². The molecule has 0 radical (unpaired) electrons. The third-order valence-corrected chi connectivity index (χ3v) is 6.56.